The van der Waals surface area contributed by atoms with Gasteiger partial charge in [-0.05, 0) is 38.2 Å². The second kappa shape index (κ2) is 5.78. The Kier molecular flexibility index (Phi) is 5.06. The fourth-order valence-electron chi connectivity index (χ4n) is 2.54. The molecule has 3 nitrogen and oxygen atoms in total. The minimum absolute atomic E-state index is 0.0200. The maximum atomic E-state index is 12.4. The van der Waals surface area contributed by atoms with Crippen molar-refractivity contribution in [1.29, 1.82) is 0 Å². The van der Waals surface area contributed by atoms with E-state index in [0.29, 0.717) is 22.8 Å². The van der Waals surface area contributed by atoms with E-state index in [1.54, 1.807) is 16.7 Å². The molecular formula is C13H23NO2S2. The van der Waals surface area contributed by atoms with Gasteiger partial charge in [0, 0.05) is 11.7 Å². The number of hydrogen-bond acceptors (Lipinski definition) is 4. The van der Waals surface area contributed by atoms with Gasteiger partial charge in [0.05, 0.1) is 6.04 Å². The van der Waals surface area contributed by atoms with Crippen molar-refractivity contribution in [2.75, 3.05) is 6.26 Å². The molecule has 0 aromatic heterocycles. The lowest BCUT2D eigenvalue weighted by Crippen LogP contribution is -2.48. The average Bonchev–Trinajstić information content (AvgIpc) is 2.47. The largest absolute Gasteiger partial charge is 0.462 e. The molecule has 0 saturated carbocycles. The molecule has 1 amide bonds. The van der Waals surface area contributed by atoms with Crippen molar-refractivity contribution in [3.63, 3.8) is 0 Å². The number of thiocarbonyl (C=S) groups is 1. The van der Waals surface area contributed by atoms with Crippen molar-refractivity contribution in [3.8, 4) is 0 Å². The van der Waals surface area contributed by atoms with Crippen LogP contribution in [0.5, 0.6) is 0 Å². The van der Waals surface area contributed by atoms with Crippen LogP contribution in [0.2, 0.25) is 0 Å². The van der Waals surface area contributed by atoms with Crippen LogP contribution in [0.25, 0.3) is 0 Å². The van der Waals surface area contributed by atoms with E-state index in [4.69, 9.17) is 17.0 Å². The molecule has 0 aromatic carbocycles. The SMILES string of the molecule is CS[C@H](C)CC(=O)N1C(=S)OC(C)(C)[C@@H]1C(C)C. The number of nitrogens with zero attached hydrogens (tertiary/aromatic N) is 1. The molecule has 0 spiro atoms. The monoisotopic (exact) mass is 289 g/mol. The zero-order chi connectivity index (χ0) is 14.1. The van der Waals surface area contributed by atoms with E-state index in [1.165, 1.54) is 0 Å². The third kappa shape index (κ3) is 3.18. The van der Waals surface area contributed by atoms with Gasteiger partial charge in [0.1, 0.15) is 5.60 Å². The summed E-state index contributed by atoms with van der Waals surface area (Å²) in [5.74, 6) is 0.389. The highest BCUT2D eigenvalue weighted by molar-refractivity contribution is 7.99. The molecule has 104 valence electrons. The van der Waals surface area contributed by atoms with Gasteiger partial charge in [0.2, 0.25) is 5.91 Å². The van der Waals surface area contributed by atoms with E-state index in [-0.39, 0.29) is 11.9 Å². The molecule has 0 radical (unpaired) electrons. The summed E-state index contributed by atoms with van der Waals surface area (Å²) in [6.07, 6.45) is 2.52. The molecule has 0 bridgehead atoms. The minimum atomic E-state index is -0.399. The van der Waals surface area contributed by atoms with Crippen LogP contribution in [0.1, 0.15) is 41.0 Å². The minimum Gasteiger partial charge on any atom is -0.462 e. The summed E-state index contributed by atoms with van der Waals surface area (Å²) < 4.78 is 5.70. The first-order valence-corrected chi connectivity index (χ1v) is 7.98. The Morgan fingerprint density at radius 2 is 2.06 bits per heavy atom. The normalized spacial score (nSPS) is 24.3. The van der Waals surface area contributed by atoms with Crippen molar-refractivity contribution in [1.82, 2.24) is 4.90 Å². The van der Waals surface area contributed by atoms with Crippen molar-refractivity contribution < 1.29 is 9.53 Å². The second-order valence-electron chi connectivity index (χ2n) is 5.67. The molecule has 1 aliphatic rings. The predicted octanol–water partition coefficient (Wildman–Crippen LogP) is 3.07. The molecule has 0 aliphatic carbocycles. The maximum absolute atomic E-state index is 12.4. The van der Waals surface area contributed by atoms with Gasteiger partial charge in [-0.1, -0.05) is 20.8 Å². The number of carbonyl (C=O) groups excluding carboxylic acids is 1. The molecule has 5 heteroatoms. The molecule has 1 aliphatic heterocycles. The summed E-state index contributed by atoms with van der Waals surface area (Å²) in [4.78, 5) is 14.1. The number of thioether (sulfide) groups is 1. The van der Waals surface area contributed by atoms with Gasteiger partial charge < -0.3 is 4.74 Å². The van der Waals surface area contributed by atoms with Crippen molar-refractivity contribution in [3.05, 3.63) is 0 Å². The van der Waals surface area contributed by atoms with E-state index < -0.39 is 5.60 Å². The van der Waals surface area contributed by atoms with E-state index in [9.17, 15) is 4.79 Å². The Bertz CT molecular complexity index is 342. The number of hydrogen-bond donors (Lipinski definition) is 0. The van der Waals surface area contributed by atoms with E-state index in [0.717, 1.165) is 0 Å². The highest BCUT2D eigenvalue weighted by Crippen LogP contribution is 2.35. The van der Waals surface area contributed by atoms with E-state index in [1.807, 2.05) is 20.1 Å². The van der Waals surface area contributed by atoms with Crippen LogP contribution in [0.3, 0.4) is 0 Å². The first kappa shape index (κ1) is 15.8. The summed E-state index contributed by atoms with van der Waals surface area (Å²) in [5, 5.41) is 0.633. The fraction of sp³-hybridized carbons (Fsp3) is 0.846. The Morgan fingerprint density at radius 1 is 1.50 bits per heavy atom. The van der Waals surface area contributed by atoms with Crippen molar-refractivity contribution in [2.45, 2.75) is 57.9 Å². The third-order valence-electron chi connectivity index (χ3n) is 3.30. The van der Waals surface area contributed by atoms with Gasteiger partial charge in [-0.2, -0.15) is 11.8 Å². The van der Waals surface area contributed by atoms with Gasteiger partial charge in [0.25, 0.3) is 5.17 Å². The molecule has 1 heterocycles. The molecule has 0 N–H and O–H groups in total. The maximum Gasteiger partial charge on any atom is 0.267 e. The first-order valence-electron chi connectivity index (χ1n) is 6.28. The molecule has 1 saturated heterocycles. The number of rotatable bonds is 4. The molecule has 2 atom stereocenters. The first-order chi connectivity index (χ1) is 8.20. The fourth-order valence-corrected chi connectivity index (χ4v) is 3.28. The lowest BCUT2D eigenvalue weighted by molar-refractivity contribution is -0.129. The van der Waals surface area contributed by atoms with E-state index >= 15 is 0 Å². The Labute approximate surface area is 120 Å². The van der Waals surface area contributed by atoms with Crippen LogP contribution in [-0.4, -0.2) is 39.1 Å². The zero-order valence-electron chi connectivity index (χ0n) is 12.0. The van der Waals surface area contributed by atoms with Crippen LogP contribution >= 0.6 is 24.0 Å². The van der Waals surface area contributed by atoms with Crippen LogP contribution in [0.4, 0.5) is 0 Å². The molecule has 18 heavy (non-hydrogen) atoms. The molecule has 0 unspecified atom stereocenters. The van der Waals surface area contributed by atoms with Crippen LogP contribution in [0, 0.1) is 5.92 Å². The van der Waals surface area contributed by atoms with Crippen LogP contribution in [0.15, 0.2) is 0 Å². The van der Waals surface area contributed by atoms with Gasteiger partial charge >= 0.3 is 0 Å². The Hall–Kier alpha value is -0.290. The average molecular weight is 289 g/mol. The topological polar surface area (TPSA) is 29.5 Å². The lowest BCUT2D eigenvalue weighted by atomic mass is 9.89. The van der Waals surface area contributed by atoms with Gasteiger partial charge in [-0.3, -0.25) is 9.69 Å². The molecule has 1 fully saturated rings. The lowest BCUT2D eigenvalue weighted by Gasteiger charge is -2.32. The number of amides is 1. The second-order valence-corrected chi connectivity index (χ2v) is 7.30. The summed E-state index contributed by atoms with van der Waals surface area (Å²) in [7, 11) is 0. The summed E-state index contributed by atoms with van der Waals surface area (Å²) in [5.41, 5.74) is -0.399. The van der Waals surface area contributed by atoms with Gasteiger partial charge in [0.15, 0.2) is 0 Å². The van der Waals surface area contributed by atoms with Crippen LogP contribution in [-0.2, 0) is 9.53 Å². The Morgan fingerprint density at radius 3 is 2.50 bits per heavy atom. The van der Waals surface area contributed by atoms with Crippen molar-refractivity contribution in [2.24, 2.45) is 5.92 Å². The molecule has 0 aromatic rings. The number of carbonyl (C=O) groups is 1. The van der Waals surface area contributed by atoms with Crippen LogP contribution < -0.4 is 0 Å². The predicted molar refractivity (Wildman–Crippen MR) is 80.8 cm³/mol. The Balaban J connectivity index is 2.91. The number of ether oxygens (including phenoxy) is 1. The highest BCUT2D eigenvalue weighted by Gasteiger charge is 2.49. The van der Waals surface area contributed by atoms with E-state index in [2.05, 4.69) is 20.8 Å². The molecular weight excluding hydrogens is 266 g/mol. The quantitative estimate of drug-likeness (QED) is 0.744. The summed E-state index contributed by atoms with van der Waals surface area (Å²) in [6.45, 7) is 10.2. The van der Waals surface area contributed by atoms with Gasteiger partial charge in [-0.15, -0.1) is 0 Å². The smallest absolute Gasteiger partial charge is 0.267 e. The summed E-state index contributed by atoms with van der Waals surface area (Å²) >= 11 is 6.92. The highest BCUT2D eigenvalue weighted by atomic mass is 32.2. The standard InChI is InChI=1S/C13H23NO2S2/c1-8(2)11-13(4,5)16-12(17)14(11)10(15)7-9(3)18-6/h8-9,11H,7H2,1-6H3/t9-,11+/m1/s1. The zero-order valence-corrected chi connectivity index (χ0v) is 13.7. The third-order valence-corrected chi connectivity index (χ3v) is 4.55. The van der Waals surface area contributed by atoms with Crippen molar-refractivity contribution >= 4 is 35.1 Å². The van der Waals surface area contributed by atoms with Gasteiger partial charge in [-0.25, -0.2) is 0 Å². The molecule has 1 rings (SSSR count). The summed E-state index contributed by atoms with van der Waals surface area (Å²) in [6, 6.07) is 0.0200.